The van der Waals surface area contributed by atoms with E-state index in [1.54, 1.807) is 18.2 Å². The summed E-state index contributed by atoms with van der Waals surface area (Å²) in [5.74, 6) is 0.731. The molecular formula is C23H30O3. The predicted octanol–water partition coefficient (Wildman–Crippen LogP) is 6.43. The highest BCUT2D eigenvalue weighted by molar-refractivity contribution is 5.91. The van der Waals surface area contributed by atoms with Gasteiger partial charge in [0.1, 0.15) is 0 Å². The third-order valence-corrected chi connectivity index (χ3v) is 4.32. The number of carbonyl (C=O) groups excluding carboxylic acids is 1. The Morgan fingerprint density at radius 2 is 1.31 bits per heavy atom. The molecule has 0 radical (unpaired) electrons. The van der Waals surface area contributed by atoms with Gasteiger partial charge in [-0.1, -0.05) is 82.2 Å². The van der Waals surface area contributed by atoms with Crippen LogP contribution in [0.3, 0.4) is 0 Å². The summed E-state index contributed by atoms with van der Waals surface area (Å²) in [6.07, 6.45) is 10.1. The molecule has 0 fully saturated rings. The zero-order valence-electron chi connectivity index (χ0n) is 15.8. The molecule has 0 N–H and O–H groups in total. The molecule has 0 spiro atoms. The third kappa shape index (κ3) is 7.30. The minimum atomic E-state index is -0.367. The van der Waals surface area contributed by atoms with E-state index in [0.717, 1.165) is 6.42 Å². The van der Waals surface area contributed by atoms with Crippen molar-refractivity contribution in [3.8, 4) is 11.5 Å². The molecule has 3 nitrogen and oxygen atoms in total. The normalized spacial score (nSPS) is 10.5. The van der Waals surface area contributed by atoms with Crippen molar-refractivity contribution >= 4 is 5.97 Å². The van der Waals surface area contributed by atoms with Gasteiger partial charge in [0.15, 0.2) is 11.5 Å². The molecular weight excluding hydrogens is 324 g/mol. The van der Waals surface area contributed by atoms with E-state index in [9.17, 15) is 4.79 Å². The van der Waals surface area contributed by atoms with Crippen molar-refractivity contribution in [2.24, 2.45) is 0 Å². The summed E-state index contributed by atoms with van der Waals surface area (Å²) in [6.45, 7) is 2.89. The van der Waals surface area contributed by atoms with Crippen molar-refractivity contribution in [3.05, 3.63) is 60.2 Å². The summed E-state index contributed by atoms with van der Waals surface area (Å²) in [7, 11) is 0. The first-order valence-corrected chi connectivity index (χ1v) is 9.80. The standard InChI is InChI=1S/C23H30O3/c1-2-3-4-5-6-7-8-14-19-25-21-17-12-13-18-22(21)26-23(24)20-15-10-9-11-16-20/h9-13,15-18H,2-8,14,19H2,1H3. The lowest BCUT2D eigenvalue weighted by atomic mass is 10.1. The van der Waals surface area contributed by atoms with Gasteiger partial charge in [-0.3, -0.25) is 0 Å². The van der Waals surface area contributed by atoms with Crippen molar-refractivity contribution in [1.82, 2.24) is 0 Å². The fourth-order valence-electron chi connectivity index (χ4n) is 2.80. The second kappa shape index (κ2) is 12.1. The molecule has 0 aliphatic carbocycles. The van der Waals surface area contributed by atoms with E-state index in [-0.39, 0.29) is 5.97 Å². The predicted molar refractivity (Wildman–Crippen MR) is 106 cm³/mol. The number of hydrogen-bond acceptors (Lipinski definition) is 3. The maximum absolute atomic E-state index is 12.2. The summed E-state index contributed by atoms with van der Waals surface area (Å²) in [5, 5.41) is 0. The first-order chi connectivity index (χ1) is 12.8. The zero-order chi connectivity index (χ0) is 18.5. The van der Waals surface area contributed by atoms with E-state index in [4.69, 9.17) is 9.47 Å². The first kappa shape index (κ1) is 20.0. The Kier molecular flexibility index (Phi) is 9.34. The van der Waals surface area contributed by atoms with Gasteiger partial charge in [-0.05, 0) is 30.7 Å². The molecule has 0 amide bonds. The molecule has 2 rings (SSSR count). The van der Waals surface area contributed by atoms with Crippen LogP contribution >= 0.6 is 0 Å². The Hall–Kier alpha value is -2.29. The Morgan fingerprint density at radius 1 is 0.731 bits per heavy atom. The summed E-state index contributed by atoms with van der Waals surface area (Å²) in [6, 6.07) is 16.3. The van der Waals surface area contributed by atoms with E-state index >= 15 is 0 Å². The van der Waals surface area contributed by atoms with Gasteiger partial charge >= 0.3 is 5.97 Å². The monoisotopic (exact) mass is 354 g/mol. The highest BCUT2D eigenvalue weighted by Crippen LogP contribution is 2.27. The average molecular weight is 354 g/mol. The fraction of sp³-hybridized carbons (Fsp3) is 0.435. The first-order valence-electron chi connectivity index (χ1n) is 9.80. The number of rotatable bonds is 12. The molecule has 0 saturated heterocycles. The number of esters is 1. The molecule has 0 bridgehead atoms. The zero-order valence-corrected chi connectivity index (χ0v) is 15.8. The molecule has 0 aliphatic rings. The summed E-state index contributed by atoms with van der Waals surface area (Å²) < 4.78 is 11.3. The molecule has 0 saturated carbocycles. The van der Waals surface area contributed by atoms with Gasteiger partial charge in [0.05, 0.1) is 12.2 Å². The smallest absolute Gasteiger partial charge is 0.343 e. The molecule has 2 aromatic rings. The van der Waals surface area contributed by atoms with Gasteiger partial charge in [-0.25, -0.2) is 4.79 Å². The highest BCUT2D eigenvalue weighted by atomic mass is 16.6. The molecule has 0 unspecified atom stereocenters. The number of carbonyl (C=O) groups is 1. The summed E-state index contributed by atoms with van der Waals surface area (Å²) in [4.78, 5) is 12.2. The van der Waals surface area contributed by atoms with Gasteiger partial charge < -0.3 is 9.47 Å². The average Bonchev–Trinajstić information content (AvgIpc) is 2.68. The fourth-order valence-corrected chi connectivity index (χ4v) is 2.80. The maximum Gasteiger partial charge on any atom is 0.343 e. The lowest BCUT2D eigenvalue weighted by Gasteiger charge is -2.11. The second-order valence-electron chi connectivity index (χ2n) is 6.53. The van der Waals surface area contributed by atoms with Crippen LogP contribution in [0, 0.1) is 0 Å². The molecule has 0 aliphatic heterocycles. The number of benzene rings is 2. The van der Waals surface area contributed by atoms with E-state index in [1.807, 2.05) is 36.4 Å². The molecule has 26 heavy (non-hydrogen) atoms. The van der Waals surface area contributed by atoms with Crippen LogP contribution in [0.2, 0.25) is 0 Å². The van der Waals surface area contributed by atoms with Crippen molar-refractivity contribution in [1.29, 1.82) is 0 Å². The van der Waals surface area contributed by atoms with E-state index in [0.29, 0.717) is 23.7 Å². The van der Waals surface area contributed by atoms with E-state index in [2.05, 4.69) is 6.92 Å². The van der Waals surface area contributed by atoms with Gasteiger partial charge in [-0.15, -0.1) is 0 Å². The van der Waals surface area contributed by atoms with Crippen LogP contribution in [0.4, 0.5) is 0 Å². The van der Waals surface area contributed by atoms with Gasteiger partial charge in [0.25, 0.3) is 0 Å². The Labute approximate surface area is 157 Å². The minimum absolute atomic E-state index is 0.367. The van der Waals surface area contributed by atoms with Crippen LogP contribution < -0.4 is 9.47 Å². The minimum Gasteiger partial charge on any atom is -0.490 e. The molecule has 0 aromatic heterocycles. The van der Waals surface area contributed by atoms with Crippen LogP contribution in [0.25, 0.3) is 0 Å². The number of ether oxygens (including phenoxy) is 2. The van der Waals surface area contributed by atoms with Crippen LogP contribution in [0.5, 0.6) is 11.5 Å². The van der Waals surface area contributed by atoms with Gasteiger partial charge in [-0.2, -0.15) is 0 Å². The summed E-state index contributed by atoms with van der Waals surface area (Å²) in [5.41, 5.74) is 0.533. The van der Waals surface area contributed by atoms with Crippen LogP contribution in [-0.4, -0.2) is 12.6 Å². The number of unbranched alkanes of at least 4 members (excludes halogenated alkanes) is 7. The molecule has 0 atom stereocenters. The van der Waals surface area contributed by atoms with Crippen molar-refractivity contribution < 1.29 is 14.3 Å². The Bertz CT molecular complexity index is 637. The third-order valence-electron chi connectivity index (χ3n) is 4.32. The van der Waals surface area contributed by atoms with Crippen LogP contribution in [0.15, 0.2) is 54.6 Å². The topological polar surface area (TPSA) is 35.5 Å². The van der Waals surface area contributed by atoms with E-state index < -0.39 is 0 Å². The van der Waals surface area contributed by atoms with Crippen molar-refractivity contribution in [2.45, 2.75) is 58.3 Å². The molecule has 3 heteroatoms. The SMILES string of the molecule is CCCCCCCCCCOc1ccccc1OC(=O)c1ccccc1. The molecule has 0 heterocycles. The molecule has 2 aromatic carbocycles. The van der Waals surface area contributed by atoms with Crippen LogP contribution in [0.1, 0.15) is 68.6 Å². The van der Waals surface area contributed by atoms with E-state index in [1.165, 1.54) is 44.9 Å². The van der Waals surface area contributed by atoms with Crippen molar-refractivity contribution in [2.75, 3.05) is 6.61 Å². The molecule has 140 valence electrons. The highest BCUT2D eigenvalue weighted by Gasteiger charge is 2.11. The lowest BCUT2D eigenvalue weighted by Crippen LogP contribution is -2.09. The Balaban J connectivity index is 1.72. The second-order valence-corrected chi connectivity index (χ2v) is 6.53. The Morgan fingerprint density at radius 3 is 2.00 bits per heavy atom. The quantitative estimate of drug-likeness (QED) is 0.250. The van der Waals surface area contributed by atoms with Crippen molar-refractivity contribution in [3.63, 3.8) is 0 Å². The summed E-state index contributed by atoms with van der Waals surface area (Å²) >= 11 is 0. The number of hydrogen-bond donors (Lipinski definition) is 0. The number of para-hydroxylation sites is 2. The van der Waals surface area contributed by atoms with Crippen LogP contribution in [-0.2, 0) is 0 Å². The lowest BCUT2D eigenvalue weighted by molar-refractivity contribution is 0.0728. The van der Waals surface area contributed by atoms with Gasteiger partial charge in [0, 0.05) is 0 Å². The van der Waals surface area contributed by atoms with Gasteiger partial charge in [0.2, 0.25) is 0 Å². The maximum atomic E-state index is 12.2. The largest absolute Gasteiger partial charge is 0.490 e.